The predicted molar refractivity (Wildman–Crippen MR) is 47.6 cm³/mol. The number of rotatable bonds is 1. The normalized spacial score (nSPS) is 9.62. The molecule has 0 fully saturated rings. The van der Waals surface area contributed by atoms with Crippen LogP contribution in [0.25, 0.3) is 16.6 Å². The third-order valence-electron chi connectivity index (χ3n) is 1.71. The Morgan fingerprint density at radius 1 is 1.46 bits per heavy atom. The first-order valence-electron chi connectivity index (χ1n) is 3.67. The molecule has 0 saturated heterocycles. The van der Waals surface area contributed by atoms with Crippen molar-refractivity contribution < 1.29 is 32.7 Å². The topological polar surface area (TPSA) is 39.9 Å². The Balaban J connectivity index is 0.000000845. The van der Waals surface area contributed by atoms with E-state index in [9.17, 15) is 0 Å². The molecule has 3 nitrogen and oxygen atoms in total. The fraction of sp³-hybridized carbons (Fsp3) is 0.111. The number of nitrogens with zero attached hydrogens (tertiary/aromatic N) is 3. The van der Waals surface area contributed by atoms with E-state index in [0.29, 0.717) is 0 Å². The fourth-order valence-corrected chi connectivity index (χ4v) is 1.17. The van der Waals surface area contributed by atoms with Crippen molar-refractivity contribution in [3.63, 3.8) is 0 Å². The van der Waals surface area contributed by atoms with Crippen LogP contribution in [-0.4, -0.2) is 9.97 Å². The van der Waals surface area contributed by atoms with Gasteiger partial charge in [0.25, 0.3) is 0 Å². The quantitative estimate of drug-likeness (QED) is 0.768. The summed E-state index contributed by atoms with van der Waals surface area (Å²) in [5, 5.41) is 0.977. The molecule has 0 aromatic carbocycles. The minimum absolute atomic E-state index is 0. The van der Waals surface area contributed by atoms with Gasteiger partial charge in [0.1, 0.15) is 0 Å². The second kappa shape index (κ2) is 4.12. The van der Waals surface area contributed by atoms with Crippen molar-refractivity contribution >= 4 is 16.6 Å². The van der Waals surface area contributed by atoms with Gasteiger partial charge in [0, 0.05) is 39.0 Å². The van der Waals surface area contributed by atoms with Crippen LogP contribution in [0.1, 0.15) is 12.6 Å². The van der Waals surface area contributed by atoms with Gasteiger partial charge < -0.3 is 9.97 Å². The van der Waals surface area contributed by atoms with Gasteiger partial charge in [0.15, 0.2) is 0 Å². The van der Waals surface area contributed by atoms with Gasteiger partial charge in [-0.15, -0.1) is 0 Å². The molecular weight excluding hydrogens is 239 g/mol. The molecule has 0 spiro atoms. The standard InChI is InChI=1S/C9H8N3.Y/c1-6(2)8-7-3-4-10-9(7)12-5-11-8;/h3-5H,1H2,2H3;/q-1;. The van der Waals surface area contributed by atoms with Gasteiger partial charge >= 0.3 is 0 Å². The summed E-state index contributed by atoms with van der Waals surface area (Å²) >= 11 is 0. The van der Waals surface area contributed by atoms with Gasteiger partial charge in [0.2, 0.25) is 0 Å². The zero-order valence-corrected chi connectivity index (χ0v) is 10.2. The van der Waals surface area contributed by atoms with Gasteiger partial charge in [-0.2, -0.15) is 0 Å². The molecule has 2 heterocycles. The van der Waals surface area contributed by atoms with E-state index in [1.54, 1.807) is 6.20 Å². The monoisotopic (exact) mass is 247 g/mol. The third kappa shape index (κ3) is 1.86. The molecule has 4 heteroatoms. The number of aromatic nitrogens is 3. The van der Waals surface area contributed by atoms with E-state index in [1.165, 1.54) is 6.33 Å². The van der Waals surface area contributed by atoms with E-state index in [2.05, 4.69) is 21.5 Å². The van der Waals surface area contributed by atoms with Crippen LogP contribution in [-0.2, 0) is 32.7 Å². The molecule has 0 aliphatic heterocycles. The zero-order valence-electron chi connectivity index (χ0n) is 7.36. The molecule has 1 radical (unpaired) electrons. The van der Waals surface area contributed by atoms with Gasteiger partial charge in [-0.05, 0) is 23.5 Å². The summed E-state index contributed by atoms with van der Waals surface area (Å²) in [6, 6.07) is 1.90. The number of hydrogen-bond acceptors (Lipinski definition) is 2. The van der Waals surface area contributed by atoms with Crippen LogP contribution in [0, 0.1) is 0 Å². The second-order valence-electron chi connectivity index (χ2n) is 2.68. The first-order chi connectivity index (χ1) is 5.79. The third-order valence-corrected chi connectivity index (χ3v) is 1.71. The summed E-state index contributed by atoms with van der Waals surface area (Å²) < 4.78 is 0. The van der Waals surface area contributed by atoms with Crippen LogP contribution in [0.2, 0.25) is 0 Å². The summed E-state index contributed by atoms with van der Waals surface area (Å²) in [4.78, 5) is 12.2. The van der Waals surface area contributed by atoms with Crippen molar-refractivity contribution in [3.8, 4) is 0 Å². The molecular formula is C9H8N3Y-. The average molecular weight is 247 g/mol. The molecule has 2 aromatic heterocycles. The maximum absolute atomic E-state index is 4.13. The van der Waals surface area contributed by atoms with Crippen LogP contribution in [0.3, 0.4) is 0 Å². The molecule has 0 aliphatic rings. The Morgan fingerprint density at radius 3 is 2.92 bits per heavy atom. The molecule has 0 unspecified atom stereocenters. The number of hydrogen-bond donors (Lipinski definition) is 0. The minimum Gasteiger partial charge on any atom is -0.442 e. The van der Waals surface area contributed by atoms with Gasteiger partial charge in [-0.3, -0.25) is 4.98 Å². The first kappa shape index (κ1) is 10.5. The minimum atomic E-state index is 0. The molecule has 0 aliphatic carbocycles. The summed E-state index contributed by atoms with van der Waals surface area (Å²) in [7, 11) is 0. The Bertz CT molecular complexity index is 433. The van der Waals surface area contributed by atoms with Gasteiger partial charge in [-0.25, -0.2) is 0 Å². The Morgan fingerprint density at radius 2 is 2.23 bits per heavy atom. The molecule has 0 atom stereocenters. The number of allylic oxidation sites excluding steroid dienone is 1. The summed E-state index contributed by atoms with van der Waals surface area (Å²) in [5.41, 5.74) is 2.57. The van der Waals surface area contributed by atoms with Crippen LogP contribution >= 0.6 is 0 Å². The summed E-state index contributed by atoms with van der Waals surface area (Å²) in [6.45, 7) is 5.76. The van der Waals surface area contributed by atoms with E-state index in [1.807, 2.05) is 13.0 Å². The SMILES string of the molecule is C=C(C)c1ncnc2[n-]ccc12.[Y]. The fourth-order valence-electron chi connectivity index (χ4n) is 1.17. The van der Waals surface area contributed by atoms with Gasteiger partial charge in [-0.1, -0.05) is 18.8 Å². The molecule has 63 valence electrons. The predicted octanol–water partition coefficient (Wildman–Crippen LogP) is 1.62. The van der Waals surface area contributed by atoms with Crippen molar-refractivity contribution in [2.45, 2.75) is 6.92 Å². The maximum atomic E-state index is 4.13. The maximum Gasteiger partial charge on any atom is 0.0719 e. The van der Waals surface area contributed by atoms with Crippen molar-refractivity contribution in [2.75, 3.05) is 0 Å². The van der Waals surface area contributed by atoms with E-state index in [4.69, 9.17) is 0 Å². The molecule has 13 heavy (non-hydrogen) atoms. The molecule has 0 saturated carbocycles. The van der Waals surface area contributed by atoms with E-state index >= 15 is 0 Å². The van der Waals surface area contributed by atoms with Crippen molar-refractivity contribution in [3.05, 3.63) is 30.9 Å². The smallest absolute Gasteiger partial charge is 0.0719 e. The molecule has 2 rings (SSSR count). The van der Waals surface area contributed by atoms with Crippen LogP contribution in [0.4, 0.5) is 0 Å². The summed E-state index contributed by atoms with van der Waals surface area (Å²) in [6.07, 6.45) is 3.24. The Labute approximate surface area is 102 Å². The van der Waals surface area contributed by atoms with Crippen LogP contribution < -0.4 is 4.98 Å². The summed E-state index contributed by atoms with van der Waals surface area (Å²) in [5.74, 6) is 0. The first-order valence-corrected chi connectivity index (χ1v) is 3.67. The Hall–Kier alpha value is -0.536. The van der Waals surface area contributed by atoms with Crippen molar-refractivity contribution in [2.24, 2.45) is 0 Å². The van der Waals surface area contributed by atoms with Crippen molar-refractivity contribution in [1.82, 2.24) is 15.0 Å². The van der Waals surface area contributed by atoms with Gasteiger partial charge in [0.05, 0.1) is 5.69 Å². The van der Waals surface area contributed by atoms with Crippen molar-refractivity contribution in [1.29, 1.82) is 0 Å². The van der Waals surface area contributed by atoms with Crippen LogP contribution in [0.5, 0.6) is 0 Å². The average Bonchev–Trinajstić information content (AvgIpc) is 2.49. The second-order valence-corrected chi connectivity index (χ2v) is 2.68. The van der Waals surface area contributed by atoms with Crippen LogP contribution in [0.15, 0.2) is 25.2 Å². The molecule has 2 aromatic rings. The number of fused-ring (bicyclic) bond motifs is 1. The molecule has 0 bridgehead atoms. The molecule has 0 amide bonds. The van der Waals surface area contributed by atoms with E-state index in [-0.39, 0.29) is 32.7 Å². The molecule has 0 N–H and O–H groups in total. The van der Waals surface area contributed by atoms with E-state index < -0.39 is 0 Å². The van der Waals surface area contributed by atoms with E-state index in [0.717, 1.165) is 22.3 Å². The Kier molecular flexibility index (Phi) is 3.34. The zero-order chi connectivity index (χ0) is 8.55. The largest absolute Gasteiger partial charge is 0.442 e.